The molecule has 2 aromatic carbocycles. The summed E-state index contributed by atoms with van der Waals surface area (Å²) in [5.74, 6) is -0.236. The second-order valence-corrected chi connectivity index (χ2v) is 9.87. The molecule has 1 saturated heterocycles. The molecular formula is C25H27FN2O2S. The smallest absolute Gasteiger partial charge is 0.293 e. The molecule has 2 aromatic rings. The molecule has 0 spiro atoms. The molecule has 1 fully saturated rings. The SMILES string of the molecule is CCN1c2ccc(/C=C3/SC(=O)N(Cc4ccc(F)cc4)C3=O)cc2C(C)CC1(C)C. The molecule has 0 aliphatic carbocycles. The van der Waals surface area contributed by atoms with Crippen molar-refractivity contribution in [2.75, 3.05) is 11.4 Å². The molecule has 0 N–H and O–H groups in total. The summed E-state index contributed by atoms with van der Waals surface area (Å²) < 4.78 is 13.1. The van der Waals surface area contributed by atoms with Crippen LogP contribution in [-0.2, 0) is 11.3 Å². The third kappa shape index (κ3) is 4.13. The summed E-state index contributed by atoms with van der Waals surface area (Å²) in [4.78, 5) is 29.4. The van der Waals surface area contributed by atoms with Crippen LogP contribution in [0.4, 0.5) is 14.9 Å². The van der Waals surface area contributed by atoms with Crippen LogP contribution in [0.1, 0.15) is 56.7 Å². The van der Waals surface area contributed by atoms with Crippen molar-refractivity contribution in [2.24, 2.45) is 0 Å². The van der Waals surface area contributed by atoms with Gasteiger partial charge in [-0.25, -0.2) is 4.39 Å². The fourth-order valence-electron chi connectivity index (χ4n) is 4.76. The zero-order valence-corrected chi connectivity index (χ0v) is 19.1. The number of carbonyl (C=O) groups is 2. The van der Waals surface area contributed by atoms with Gasteiger partial charge in [-0.15, -0.1) is 0 Å². The van der Waals surface area contributed by atoms with E-state index in [2.05, 4.69) is 44.7 Å². The number of anilines is 1. The lowest BCUT2D eigenvalue weighted by molar-refractivity contribution is -0.123. The number of fused-ring (bicyclic) bond motifs is 1. The molecule has 31 heavy (non-hydrogen) atoms. The molecule has 0 radical (unpaired) electrons. The molecule has 2 aliphatic heterocycles. The highest BCUT2D eigenvalue weighted by atomic mass is 32.2. The topological polar surface area (TPSA) is 40.6 Å². The predicted molar refractivity (Wildman–Crippen MR) is 124 cm³/mol. The van der Waals surface area contributed by atoms with Crippen molar-refractivity contribution in [2.45, 2.75) is 52.1 Å². The Morgan fingerprint density at radius 1 is 1.16 bits per heavy atom. The highest BCUT2D eigenvalue weighted by Crippen LogP contribution is 2.44. The lowest BCUT2D eigenvalue weighted by Crippen LogP contribution is -2.48. The van der Waals surface area contributed by atoms with E-state index in [0.717, 1.165) is 35.9 Å². The van der Waals surface area contributed by atoms with Crippen molar-refractivity contribution >= 4 is 34.7 Å². The number of rotatable bonds is 4. The van der Waals surface area contributed by atoms with E-state index in [1.165, 1.54) is 28.3 Å². The first-order valence-corrected chi connectivity index (χ1v) is 11.4. The number of thioether (sulfide) groups is 1. The number of benzene rings is 2. The summed E-state index contributed by atoms with van der Waals surface area (Å²) >= 11 is 0.956. The number of hydrogen-bond donors (Lipinski definition) is 0. The van der Waals surface area contributed by atoms with Crippen LogP contribution in [0, 0.1) is 5.82 Å². The van der Waals surface area contributed by atoms with Gasteiger partial charge in [-0.3, -0.25) is 14.5 Å². The largest absolute Gasteiger partial charge is 0.366 e. The van der Waals surface area contributed by atoms with Crippen LogP contribution in [0.15, 0.2) is 47.4 Å². The minimum absolute atomic E-state index is 0.103. The van der Waals surface area contributed by atoms with E-state index >= 15 is 0 Å². The Morgan fingerprint density at radius 3 is 2.55 bits per heavy atom. The van der Waals surface area contributed by atoms with Crippen LogP contribution in [0.5, 0.6) is 0 Å². The zero-order chi connectivity index (χ0) is 22.3. The van der Waals surface area contributed by atoms with Gasteiger partial charge in [0.2, 0.25) is 0 Å². The number of carbonyl (C=O) groups excluding carboxylic acids is 2. The van der Waals surface area contributed by atoms with Crippen LogP contribution in [-0.4, -0.2) is 28.1 Å². The molecule has 2 heterocycles. The minimum atomic E-state index is -0.343. The van der Waals surface area contributed by atoms with Gasteiger partial charge in [0, 0.05) is 17.8 Å². The molecule has 2 aliphatic rings. The second kappa shape index (κ2) is 8.15. The number of imide groups is 1. The molecule has 0 aromatic heterocycles. The summed E-state index contributed by atoms with van der Waals surface area (Å²) in [6.07, 6.45) is 2.87. The first-order valence-electron chi connectivity index (χ1n) is 10.6. The van der Waals surface area contributed by atoms with Gasteiger partial charge in [0.05, 0.1) is 11.4 Å². The highest BCUT2D eigenvalue weighted by molar-refractivity contribution is 8.18. The van der Waals surface area contributed by atoms with Gasteiger partial charge in [0.15, 0.2) is 0 Å². The van der Waals surface area contributed by atoms with E-state index in [4.69, 9.17) is 0 Å². The summed E-state index contributed by atoms with van der Waals surface area (Å²) in [5, 5.41) is -0.300. The molecule has 2 amide bonds. The van der Waals surface area contributed by atoms with Crippen LogP contribution in [0.3, 0.4) is 0 Å². The molecule has 6 heteroatoms. The van der Waals surface area contributed by atoms with E-state index in [-0.39, 0.29) is 29.0 Å². The normalized spacial score (nSPS) is 21.7. The fourth-order valence-corrected chi connectivity index (χ4v) is 5.60. The van der Waals surface area contributed by atoms with E-state index < -0.39 is 0 Å². The van der Waals surface area contributed by atoms with Crippen molar-refractivity contribution in [3.05, 3.63) is 69.9 Å². The van der Waals surface area contributed by atoms with E-state index in [1.54, 1.807) is 18.2 Å². The summed E-state index contributed by atoms with van der Waals surface area (Å²) in [6.45, 7) is 10.1. The third-order valence-electron chi connectivity index (χ3n) is 6.15. The Kier molecular flexibility index (Phi) is 5.69. The van der Waals surface area contributed by atoms with Gasteiger partial charge in [-0.2, -0.15) is 0 Å². The molecular weight excluding hydrogens is 411 g/mol. The summed E-state index contributed by atoms with van der Waals surface area (Å²) in [5.41, 5.74) is 4.27. The first kappa shape index (κ1) is 21.6. The van der Waals surface area contributed by atoms with Gasteiger partial charge in [-0.1, -0.05) is 25.1 Å². The Labute approximate surface area is 187 Å². The van der Waals surface area contributed by atoms with Crippen LogP contribution >= 0.6 is 11.8 Å². The molecule has 0 saturated carbocycles. The Hall–Kier alpha value is -2.60. The Bertz CT molecular complexity index is 1060. The number of hydrogen-bond acceptors (Lipinski definition) is 4. The Balaban J connectivity index is 1.59. The maximum atomic E-state index is 13.1. The molecule has 162 valence electrons. The van der Waals surface area contributed by atoms with E-state index in [1.807, 2.05) is 6.07 Å². The first-order chi connectivity index (χ1) is 14.7. The predicted octanol–water partition coefficient (Wildman–Crippen LogP) is 6.17. The highest BCUT2D eigenvalue weighted by Gasteiger charge is 2.37. The lowest BCUT2D eigenvalue weighted by Gasteiger charge is -2.47. The van der Waals surface area contributed by atoms with E-state index in [9.17, 15) is 14.0 Å². The van der Waals surface area contributed by atoms with Gasteiger partial charge in [0.1, 0.15) is 5.82 Å². The second-order valence-electron chi connectivity index (χ2n) is 8.87. The molecule has 1 unspecified atom stereocenters. The van der Waals surface area contributed by atoms with Crippen LogP contribution in [0.2, 0.25) is 0 Å². The maximum absolute atomic E-state index is 13.1. The standard InChI is InChI=1S/C25H27FN2O2S/c1-5-28-21-11-8-18(12-20(21)16(2)14-25(28,3)4)13-22-23(29)27(24(30)31-22)15-17-6-9-19(26)10-7-17/h6-13,16H,5,14-15H2,1-4H3/b22-13+. The monoisotopic (exact) mass is 438 g/mol. The van der Waals surface area contributed by atoms with Gasteiger partial charge >= 0.3 is 0 Å². The van der Waals surface area contributed by atoms with Crippen molar-refractivity contribution in [3.63, 3.8) is 0 Å². The maximum Gasteiger partial charge on any atom is 0.293 e. The number of halogens is 1. The van der Waals surface area contributed by atoms with Crippen molar-refractivity contribution in [3.8, 4) is 0 Å². The molecule has 4 rings (SSSR count). The van der Waals surface area contributed by atoms with Crippen molar-refractivity contribution in [1.82, 2.24) is 4.90 Å². The third-order valence-corrected chi connectivity index (χ3v) is 7.06. The van der Waals surface area contributed by atoms with E-state index in [0.29, 0.717) is 10.8 Å². The van der Waals surface area contributed by atoms with Crippen molar-refractivity contribution in [1.29, 1.82) is 0 Å². The quantitative estimate of drug-likeness (QED) is 0.535. The van der Waals surface area contributed by atoms with Gasteiger partial charge in [0.25, 0.3) is 11.1 Å². The average Bonchev–Trinajstić information content (AvgIpc) is 2.97. The average molecular weight is 439 g/mol. The Morgan fingerprint density at radius 2 is 1.87 bits per heavy atom. The minimum Gasteiger partial charge on any atom is -0.366 e. The van der Waals surface area contributed by atoms with Gasteiger partial charge in [-0.05, 0) is 91.9 Å². The molecule has 4 nitrogen and oxygen atoms in total. The zero-order valence-electron chi connectivity index (χ0n) is 18.3. The fraction of sp³-hybridized carbons (Fsp3) is 0.360. The molecule has 1 atom stereocenters. The summed E-state index contributed by atoms with van der Waals surface area (Å²) in [6, 6.07) is 12.1. The number of nitrogens with zero attached hydrogens (tertiary/aromatic N) is 2. The number of amides is 2. The summed E-state index contributed by atoms with van der Waals surface area (Å²) in [7, 11) is 0. The molecule has 0 bridgehead atoms. The lowest BCUT2D eigenvalue weighted by atomic mass is 9.79. The van der Waals surface area contributed by atoms with Crippen LogP contribution in [0.25, 0.3) is 6.08 Å². The van der Waals surface area contributed by atoms with Crippen molar-refractivity contribution < 1.29 is 14.0 Å². The van der Waals surface area contributed by atoms with Crippen LogP contribution < -0.4 is 4.90 Å². The van der Waals surface area contributed by atoms with Gasteiger partial charge < -0.3 is 4.90 Å².